The normalized spacial score (nSPS) is 45.8. The van der Waals surface area contributed by atoms with Crippen LogP contribution in [-0.4, -0.2) is 28.6 Å². The first-order chi connectivity index (χ1) is 12.8. The van der Waals surface area contributed by atoms with E-state index in [0.29, 0.717) is 30.6 Å². The van der Waals surface area contributed by atoms with Crippen molar-refractivity contribution in [3.05, 3.63) is 11.6 Å². The summed E-state index contributed by atoms with van der Waals surface area (Å²) < 4.78 is 5.62. The molecule has 3 saturated carbocycles. The first-order valence-electron chi connectivity index (χ1n) is 10.5. The molecule has 1 N–H and O–H groups in total. The Hall–Kier alpha value is -1.60. The maximum absolute atomic E-state index is 12.2. The molecule has 4 heteroatoms. The van der Waals surface area contributed by atoms with Gasteiger partial charge in [0.2, 0.25) is 0 Å². The SMILES string of the molecule is C#CC1(O)CCC2C3CCC4=CC(=O)CC(OC(C)=O)C4C3CCC21CC. The Morgan fingerprint density at radius 2 is 2.11 bits per heavy atom. The molecule has 0 spiro atoms. The molecule has 4 aliphatic carbocycles. The quantitative estimate of drug-likeness (QED) is 0.597. The maximum Gasteiger partial charge on any atom is 0.302 e. The van der Waals surface area contributed by atoms with E-state index in [1.165, 1.54) is 12.5 Å². The molecule has 146 valence electrons. The lowest BCUT2D eigenvalue weighted by atomic mass is 9.49. The number of ether oxygens (including phenoxy) is 1. The van der Waals surface area contributed by atoms with Crippen molar-refractivity contribution in [3.63, 3.8) is 0 Å². The molecule has 0 radical (unpaired) electrons. The summed E-state index contributed by atoms with van der Waals surface area (Å²) in [5.41, 5.74) is -0.00963. The molecule has 4 rings (SSSR count). The van der Waals surface area contributed by atoms with Gasteiger partial charge in [0.15, 0.2) is 5.78 Å². The number of esters is 1. The Morgan fingerprint density at radius 3 is 2.78 bits per heavy atom. The van der Waals surface area contributed by atoms with Gasteiger partial charge in [-0.1, -0.05) is 18.4 Å². The third-order valence-electron chi connectivity index (χ3n) is 8.33. The second kappa shape index (κ2) is 6.48. The molecule has 7 atom stereocenters. The number of ketones is 1. The molecule has 4 nitrogen and oxygen atoms in total. The number of carbonyl (C=O) groups is 2. The van der Waals surface area contributed by atoms with Crippen LogP contribution in [-0.2, 0) is 14.3 Å². The Kier molecular flexibility index (Phi) is 4.50. The van der Waals surface area contributed by atoms with Crippen LogP contribution in [0, 0.1) is 41.4 Å². The van der Waals surface area contributed by atoms with Gasteiger partial charge in [-0.2, -0.15) is 0 Å². The summed E-state index contributed by atoms with van der Waals surface area (Å²) in [6.45, 7) is 3.59. The lowest BCUT2D eigenvalue weighted by molar-refractivity contribution is -0.156. The molecule has 0 heterocycles. The molecule has 0 saturated heterocycles. The minimum absolute atomic E-state index is 0.0761. The van der Waals surface area contributed by atoms with Gasteiger partial charge in [0, 0.05) is 24.7 Å². The van der Waals surface area contributed by atoms with E-state index in [4.69, 9.17) is 11.2 Å². The highest BCUT2D eigenvalue weighted by Gasteiger charge is 2.64. The van der Waals surface area contributed by atoms with E-state index in [9.17, 15) is 14.7 Å². The highest BCUT2D eigenvalue weighted by Crippen LogP contribution is 2.66. The molecular weight excluding hydrogens is 340 g/mol. The number of carbonyl (C=O) groups excluding carboxylic acids is 2. The van der Waals surface area contributed by atoms with E-state index in [-0.39, 0.29) is 29.2 Å². The van der Waals surface area contributed by atoms with Crippen molar-refractivity contribution in [1.82, 2.24) is 0 Å². The summed E-state index contributed by atoms with van der Waals surface area (Å²) in [4.78, 5) is 23.8. The lowest BCUT2D eigenvalue weighted by Crippen LogP contribution is -2.55. The molecule has 0 aliphatic heterocycles. The van der Waals surface area contributed by atoms with Crippen molar-refractivity contribution < 1.29 is 19.4 Å². The van der Waals surface area contributed by atoms with Crippen LogP contribution in [0.3, 0.4) is 0 Å². The molecule has 3 fully saturated rings. The summed E-state index contributed by atoms with van der Waals surface area (Å²) in [5.74, 6) is 3.98. The van der Waals surface area contributed by atoms with E-state index in [1.807, 2.05) is 6.08 Å². The van der Waals surface area contributed by atoms with Gasteiger partial charge in [-0.25, -0.2) is 0 Å². The number of hydrogen-bond acceptors (Lipinski definition) is 4. The number of aliphatic hydroxyl groups is 1. The van der Waals surface area contributed by atoms with Gasteiger partial charge in [0.05, 0.1) is 0 Å². The number of fused-ring (bicyclic) bond motifs is 5. The number of terminal acetylenes is 1. The van der Waals surface area contributed by atoms with Crippen molar-refractivity contribution >= 4 is 11.8 Å². The summed E-state index contributed by atoms with van der Waals surface area (Å²) in [5, 5.41) is 11.2. The fraction of sp³-hybridized carbons (Fsp3) is 0.739. The number of hydrogen-bond donors (Lipinski definition) is 1. The van der Waals surface area contributed by atoms with Crippen LogP contribution in [0.1, 0.15) is 65.2 Å². The average Bonchev–Trinajstić information content (AvgIpc) is 2.94. The first kappa shape index (κ1) is 18.7. The maximum atomic E-state index is 12.2. The molecule has 0 aromatic heterocycles. The number of rotatable bonds is 2. The van der Waals surface area contributed by atoms with Gasteiger partial charge >= 0.3 is 5.97 Å². The van der Waals surface area contributed by atoms with Crippen molar-refractivity contribution in [2.24, 2.45) is 29.1 Å². The van der Waals surface area contributed by atoms with Gasteiger partial charge in [0.1, 0.15) is 11.7 Å². The Bertz CT molecular complexity index is 731. The Morgan fingerprint density at radius 1 is 1.33 bits per heavy atom. The highest BCUT2D eigenvalue weighted by molar-refractivity contribution is 5.92. The van der Waals surface area contributed by atoms with E-state index >= 15 is 0 Å². The zero-order chi connectivity index (χ0) is 19.4. The minimum Gasteiger partial charge on any atom is -0.461 e. The molecule has 0 amide bonds. The third-order valence-corrected chi connectivity index (χ3v) is 8.33. The van der Waals surface area contributed by atoms with Gasteiger partial charge in [-0.3, -0.25) is 9.59 Å². The van der Waals surface area contributed by atoms with Crippen molar-refractivity contribution in [1.29, 1.82) is 0 Å². The lowest BCUT2D eigenvalue weighted by Gasteiger charge is -2.56. The van der Waals surface area contributed by atoms with Crippen molar-refractivity contribution in [2.45, 2.75) is 76.9 Å². The van der Waals surface area contributed by atoms with Crippen LogP contribution < -0.4 is 0 Å². The Labute approximate surface area is 161 Å². The zero-order valence-corrected chi connectivity index (χ0v) is 16.4. The van der Waals surface area contributed by atoms with E-state index in [0.717, 1.165) is 38.5 Å². The van der Waals surface area contributed by atoms with Crippen LogP contribution >= 0.6 is 0 Å². The predicted octanol–water partition coefficient (Wildman–Crippen LogP) is 3.42. The molecule has 0 aromatic rings. The molecule has 4 aliphatic rings. The van der Waals surface area contributed by atoms with Crippen molar-refractivity contribution in [2.75, 3.05) is 0 Å². The molecule has 27 heavy (non-hydrogen) atoms. The smallest absolute Gasteiger partial charge is 0.302 e. The minimum atomic E-state index is -0.995. The monoisotopic (exact) mass is 370 g/mol. The fourth-order valence-corrected chi connectivity index (χ4v) is 7.33. The molecule has 0 bridgehead atoms. The van der Waals surface area contributed by atoms with Crippen LogP contribution in [0.2, 0.25) is 0 Å². The zero-order valence-electron chi connectivity index (χ0n) is 16.4. The molecule has 0 aromatic carbocycles. The van der Waals surface area contributed by atoms with Gasteiger partial charge < -0.3 is 9.84 Å². The van der Waals surface area contributed by atoms with Crippen LogP contribution in [0.5, 0.6) is 0 Å². The summed E-state index contributed by atoms with van der Waals surface area (Å²) in [6, 6.07) is 0. The fourth-order valence-electron chi connectivity index (χ4n) is 7.33. The summed E-state index contributed by atoms with van der Waals surface area (Å²) in [6.07, 6.45) is 14.0. The predicted molar refractivity (Wildman–Crippen MR) is 101 cm³/mol. The van der Waals surface area contributed by atoms with Gasteiger partial charge in [-0.05, 0) is 68.8 Å². The average molecular weight is 370 g/mol. The van der Waals surface area contributed by atoms with E-state index in [2.05, 4.69) is 12.8 Å². The van der Waals surface area contributed by atoms with E-state index in [1.54, 1.807) is 0 Å². The Balaban J connectivity index is 1.68. The second-order valence-electron chi connectivity index (χ2n) is 9.13. The van der Waals surface area contributed by atoms with E-state index < -0.39 is 5.60 Å². The van der Waals surface area contributed by atoms with Crippen molar-refractivity contribution in [3.8, 4) is 12.3 Å². The standard InChI is InChI=1S/C23H30O4/c1-4-22-10-8-18-17(19(22)9-11-23(22,26)5-2)7-6-15-12-16(25)13-20(21(15)18)27-14(3)24/h2,12,17-21,26H,4,6-11,13H2,1,3H3. The second-order valence-corrected chi connectivity index (χ2v) is 9.13. The molecular formula is C23H30O4. The van der Waals surface area contributed by atoms with Crippen LogP contribution in [0.15, 0.2) is 11.6 Å². The van der Waals surface area contributed by atoms with Gasteiger partial charge in [-0.15, -0.1) is 6.42 Å². The summed E-state index contributed by atoms with van der Waals surface area (Å²) >= 11 is 0. The van der Waals surface area contributed by atoms with Crippen LogP contribution in [0.4, 0.5) is 0 Å². The van der Waals surface area contributed by atoms with Crippen LogP contribution in [0.25, 0.3) is 0 Å². The van der Waals surface area contributed by atoms with Gasteiger partial charge in [0.25, 0.3) is 0 Å². The summed E-state index contributed by atoms with van der Waals surface area (Å²) in [7, 11) is 0. The largest absolute Gasteiger partial charge is 0.461 e. The molecule has 7 unspecified atom stereocenters. The highest BCUT2D eigenvalue weighted by atomic mass is 16.5. The topological polar surface area (TPSA) is 63.6 Å². The third kappa shape index (κ3) is 2.62. The first-order valence-corrected chi connectivity index (χ1v) is 10.5.